The van der Waals surface area contributed by atoms with Gasteiger partial charge in [0.2, 0.25) is 0 Å². The van der Waals surface area contributed by atoms with Gasteiger partial charge in [-0.05, 0) is 13.3 Å². The summed E-state index contributed by atoms with van der Waals surface area (Å²) in [5, 5.41) is 3.47. The Morgan fingerprint density at radius 3 is 2.93 bits per heavy atom. The topological polar surface area (TPSA) is 24.5 Å². The van der Waals surface area contributed by atoms with E-state index in [1.54, 1.807) is 7.11 Å². The molecule has 0 aromatic carbocycles. The van der Waals surface area contributed by atoms with E-state index < -0.39 is 0 Å². The fraction of sp³-hybridized carbons (Fsp3) is 1.00. The zero-order valence-electron chi connectivity index (χ0n) is 9.75. The van der Waals surface area contributed by atoms with Crippen LogP contribution in [0.2, 0.25) is 0 Å². The van der Waals surface area contributed by atoms with Crippen molar-refractivity contribution in [2.24, 2.45) is 0 Å². The van der Waals surface area contributed by atoms with Gasteiger partial charge in [0.05, 0.1) is 6.61 Å². The molecular formula is C11H24N2O. The molecule has 3 nitrogen and oxygen atoms in total. The van der Waals surface area contributed by atoms with E-state index in [4.69, 9.17) is 4.74 Å². The van der Waals surface area contributed by atoms with Crippen molar-refractivity contribution >= 4 is 0 Å². The number of hydrogen-bond acceptors (Lipinski definition) is 3. The van der Waals surface area contributed by atoms with Gasteiger partial charge >= 0.3 is 0 Å². The van der Waals surface area contributed by atoms with Crippen molar-refractivity contribution in [3.63, 3.8) is 0 Å². The van der Waals surface area contributed by atoms with Crippen molar-refractivity contribution in [2.45, 2.75) is 38.8 Å². The van der Waals surface area contributed by atoms with Crippen molar-refractivity contribution < 1.29 is 4.74 Å². The lowest BCUT2D eigenvalue weighted by atomic mass is 10.1. The molecule has 0 spiro atoms. The standard InChI is InChI=1S/C11H24N2O/c1-4-5-11(9-14-3)13-7-6-12-10(2)8-13/h10-12H,4-9H2,1-3H3. The molecule has 0 aromatic rings. The summed E-state index contributed by atoms with van der Waals surface area (Å²) in [5.41, 5.74) is 0. The fourth-order valence-electron chi connectivity index (χ4n) is 2.19. The molecular weight excluding hydrogens is 176 g/mol. The van der Waals surface area contributed by atoms with Gasteiger partial charge in [0.1, 0.15) is 0 Å². The molecule has 1 heterocycles. The lowest BCUT2D eigenvalue weighted by Gasteiger charge is -2.37. The van der Waals surface area contributed by atoms with E-state index in [0.29, 0.717) is 12.1 Å². The molecule has 3 heteroatoms. The zero-order chi connectivity index (χ0) is 10.4. The van der Waals surface area contributed by atoms with Crippen LogP contribution in [-0.2, 0) is 4.74 Å². The van der Waals surface area contributed by atoms with E-state index in [0.717, 1.165) is 19.7 Å². The largest absolute Gasteiger partial charge is 0.383 e. The normalized spacial score (nSPS) is 26.4. The van der Waals surface area contributed by atoms with Crippen LogP contribution in [0.25, 0.3) is 0 Å². The summed E-state index contributed by atoms with van der Waals surface area (Å²) in [6, 6.07) is 1.24. The Balaban J connectivity index is 2.39. The van der Waals surface area contributed by atoms with Crippen LogP contribution < -0.4 is 5.32 Å². The van der Waals surface area contributed by atoms with E-state index in [1.807, 2.05) is 0 Å². The predicted octanol–water partition coefficient (Wildman–Crippen LogP) is 1.10. The van der Waals surface area contributed by atoms with Crippen LogP contribution in [0.15, 0.2) is 0 Å². The van der Waals surface area contributed by atoms with E-state index in [9.17, 15) is 0 Å². The van der Waals surface area contributed by atoms with Gasteiger partial charge in [-0.3, -0.25) is 4.90 Å². The summed E-state index contributed by atoms with van der Waals surface area (Å²) in [7, 11) is 1.80. The second kappa shape index (κ2) is 6.38. The van der Waals surface area contributed by atoms with Crippen LogP contribution in [0, 0.1) is 0 Å². The monoisotopic (exact) mass is 200 g/mol. The van der Waals surface area contributed by atoms with Gasteiger partial charge in [-0.1, -0.05) is 13.3 Å². The smallest absolute Gasteiger partial charge is 0.0618 e. The minimum Gasteiger partial charge on any atom is -0.383 e. The highest BCUT2D eigenvalue weighted by Gasteiger charge is 2.22. The summed E-state index contributed by atoms with van der Waals surface area (Å²) in [4.78, 5) is 2.56. The Hall–Kier alpha value is -0.120. The van der Waals surface area contributed by atoms with Gasteiger partial charge in [0.15, 0.2) is 0 Å². The summed E-state index contributed by atoms with van der Waals surface area (Å²) in [5.74, 6) is 0. The fourth-order valence-corrected chi connectivity index (χ4v) is 2.19. The molecule has 1 saturated heterocycles. The first kappa shape index (κ1) is 12.0. The van der Waals surface area contributed by atoms with Crippen LogP contribution in [0.1, 0.15) is 26.7 Å². The molecule has 2 unspecified atom stereocenters. The molecule has 1 aliphatic rings. The summed E-state index contributed by atoms with van der Waals surface area (Å²) < 4.78 is 5.28. The maximum absolute atomic E-state index is 5.28. The summed E-state index contributed by atoms with van der Waals surface area (Å²) in [6.07, 6.45) is 2.49. The van der Waals surface area contributed by atoms with E-state index in [-0.39, 0.29) is 0 Å². The molecule has 0 radical (unpaired) electrons. The first-order valence-corrected chi connectivity index (χ1v) is 5.74. The minimum atomic E-state index is 0.620. The number of hydrogen-bond donors (Lipinski definition) is 1. The number of methoxy groups -OCH3 is 1. The van der Waals surface area contributed by atoms with Crippen molar-refractivity contribution in [1.29, 1.82) is 0 Å². The molecule has 0 amide bonds. The van der Waals surface area contributed by atoms with E-state index >= 15 is 0 Å². The van der Waals surface area contributed by atoms with Crippen molar-refractivity contribution in [2.75, 3.05) is 33.4 Å². The lowest BCUT2D eigenvalue weighted by molar-refractivity contribution is 0.0666. The van der Waals surface area contributed by atoms with Crippen molar-refractivity contribution in [3.8, 4) is 0 Å². The molecule has 0 bridgehead atoms. The van der Waals surface area contributed by atoms with Gasteiger partial charge in [0, 0.05) is 38.8 Å². The molecule has 0 aromatic heterocycles. The number of rotatable bonds is 5. The number of ether oxygens (including phenoxy) is 1. The first-order valence-electron chi connectivity index (χ1n) is 5.74. The molecule has 0 aliphatic carbocycles. The Kier molecular flexibility index (Phi) is 5.45. The molecule has 2 atom stereocenters. The van der Waals surface area contributed by atoms with Gasteiger partial charge in [-0.15, -0.1) is 0 Å². The Labute approximate surface area is 87.8 Å². The third-order valence-corrected chi connectivity index (χ3v) is 2.90. The Morgan fingerprint density at radius 1 is 1.57 bits per heavy atom. The summed E-state index contributed by atoms with van der Waals surface area (Å²) in [6.45, 7) is 8.81. The second-order valence-corrected chi connectivity index (χ2v) is 4.25. The predicted molar refractivity (Wildman–Crippen MR) is 59.6 cm³/mol. The van der Waals surface area contributed by atoms with Crippen LogP contribution in [0.3, 0.4) is 0 Å². The van der Waals surface area contributed by atoms with Crippen molar-refractivity contribution in [3.05, 3.63) is 0 Å². The van der Waals surface area contributed by atoms with Gasteiger partial charge < -0.3 is 10.1 Å². The van der Waals surface area contributed by atoms with Gasteiger partial charge in [-0.25, -0.2) is 0 Å². The average Bonchev–Trinajstić information content (AvgIpc) is 2.17. The van der Waals surface area contributed by atoms with Crippen molar-refractivity contribution in [1.82, 2.24) is 10.2 Å². The van der Waals surface area contributed by atoms with Crippen LogP contribution in [-0.4, -0.2) is 50.3 Å². The Morgan fingerprint density at radius 2 is 2.36 bits per heavy atom. The number of piperazine rings is 1. The highest BCUT2D eigenvalue weighted by molar-refractivity contribution is 4.80. The molecule has 1 aliphatic heterocycles. The average molecular weight is 200 g/mol. The third-order valence-electron chi connectivity index (χ3n) is 2.90. The number of nitrogens with one attached hydrogen (secondary N) is 1. The molecule has 1 rings (SSSR count). The van der Waals surface area contributed by atoms with Crippen LogP contribution in [0.4, 0.5) is 0 Å². The maximum atomic E-state index is 5.28. The zero-order valence-corrected chi connectivity index (χ0v) is 9.75. The Bertz CT molecular complexity index is 143. The SMILES string of the molecule is CCCC(COC)N1CCNC(C)C1. The quantitative estimate of drug-likeness (QED) is 0.719. The lowest BCUT2D eigenvalue weighted by Crippen LogP contribution is -2.53. The second-order valence-electron chi connectivity index (χ2n) is 4.25. The number of nitrogens with zero attached hydrogens (tertiary/aromatic N) is 1. The minimum absolute atomic E-state index is 0.620. The maximum Gasteiger partial charge on any atom is 0.0618 e. The van der Waals surface area contributed by atoms with Gasteiger partial charge in [0.25, 0.3) is 0 Å². The summed E-state index contributed by atoms with van der Waals surface area (Å²) >= 11 is 0. The third kappa shape index (κ3) is 3.56. The first-order chi connectivity index (χ1) is 6.77. The molecule has 84 valence electrons. The van der Waals surface area contributed by atoms with Gasteiger partial charge in [-0.2, -0.15) is 0 Å². The molecule has 0 saturated carbocycles. The highest BCUT2D eigenvalue weighted by atomic mass is 16.5. The molecule has 14 heavy (non-hydrogen) atoms. The molecule has 1 N–H and O–H groups in total. The van der Waals surface area contributed by atoms with E-state index in [2.05, 4.69) is 24.1 Å². The highest BCUT2D eigenvalue weighted by Crippen LogP contribution is 2.10. The van der Waals surface area contributed by atoms with Crippen LogP contribution >= 0.6 is 0 Å². The van der Waals surface area contributed by atoms with E-state index in [1.165, 1.54) is 19.4 Å². The molecule has 1 fully saturated rings. The van der Waals surface area contributed by atoms with Crippen LogP contribution in [0.5, 0.6) is 0 Å².